The predicted octanol–water partition coefficient (Wildman–Crippen LogP) is 2.79. The third-order valence-electron chi connectivity index (χ3n) is 3.32. The summed E-state index contributed by atoms with van der Waals surface area (Å²) < 4.78 is 1.87. The van der Waals surface area contributed by atoms with Crippen molar-refractivity contribution < 1.29 is 4.79 Å². The molecule has 1 aromatic carbocycles. The zero-order chi connectivity index (χ0) is 14.7. The standard InChI is InChI=1S/C14H17ClN4O/c1-4-9(2)13-18-17-8-19(13)12-6-5-10(7-11(12)15)14(20)16-3/h5-9H,4H2,1-3H3,(H,16,20). The molecule has 0 spiro atoms. The highest BCUT2D eigenvalue weighted by Crippen LogP contribution is 2.26. The summed E-state index contributed by atoms with van der Waals surface area (Å²) in [4.78, 5) is 11.6. The molecular weight excluding hydrogens is 276 g/mol. The second-order valence-electron chi connectivity index (χ2n) is 4.61. The van der Waals surface area contributed by atoms with Crippen LogP contribution >= 0.6 is 11.6 Å². The molecule has 0 aliphatic rings. The first-order valence-electron chi connectivity index (χ1n) is 6.50. The number of nitrogens with zero attached hydrogens (tertiary/aromatic N) is 3. The van der Waals surface area contributed by atoms with Crippen LogP contribution in [0.2, 0.25) is 5.02 Å². The second-order valence-corrected chi connectivity index (χ2v) is 5.02. The zero-order valence-electron chi connectivity index (χ0n) is 11.7. The maximum atomic E-state index is 11.6. The summed E-state index contributed by atoms with van der Waals surface area (Å²) >= 11 is 6.29. The molecule has 2 rings (SSSR count). The number of halogens is 1. The molecule has 0 aliphatic carbocycles. The van der Waals surface area contributed by atoms with Crippen LogP contribution in [-0.2, 0) is 0 Å². The van der Waals surface area contributed by atoms with Crippen molar-refractivity contribution in [3.8, 4) is 5.69 Å². The number of aromatic nitrogens is 3. The van der Waals surface area contributed by atoms with Crippen LogP contribution in [0.25, 0.3) is 5.69 Å². The van der Waals surface area contributed by atoms with Gasteiger partial charge in [0.05, 0.1) is 10.7 Å². The topological polar surface area (TPSA) is 59.8 Å². The van der Waals surface area contributed by atoms with E-state index in [1.165, 1.54) is 0 Å². The molecule has 0 saturated carbocycles. The molecule has 2 aromatic rings. The summed E-state index contributed by atoms with van der Waals surface area (Å²) in [6, 6.07) is 5.19. The van der Waals surface area contributed by atoms with Crippen molar-refractivity contribution in [1.82, 2.24) is 20.1 Å². The quantitative estimate of drug-likeness (QED) is 0.942. The maximum Gasteiger partial charge on any atom is 0.251 e. The normalized spacial score (nSPS) is 12.2. The first-order valence-corrected chi connectivity index (χ1v) is 6.88. The van der Waals surface area contributed by atoms with Gasteiger partial charge in [-0.15, -0.1) is 10.2 Å². The van der Waals surface area contributed by atoms with Gasteiger partial charge >= 0.3 is 0 Å². The molecule has 5 nitrogen and oxygen atoms in total. The molecule has 6 heteroatoms. The first-order chi connectivity index (χ1) is 9.58. The van der Waals surface area contributed by atoms with Crippen molar-refractivity contribution in [2.45, 2.75) is 26.2 Å². The number of hydrogen-bond donors (Lipinski definition) is 1. The number of nitrogens with one attached hydrogen (secondary N) is 1. The average Bonchev–Trinajstić information content (AvgIpc) is 2.94. The van der Waals surface area contributed by atoms with Crippen LogP contribution in [-0.4, -0.2) is 27.7 Å². The lowest BCUT2D eigenvalue weighted by atomic mass is 10.1. The largest absolute Gasteiger partial charge is 0.355 e. The van der Waals surface area contributed by atoms with Crippen molar-refractivity contribution in [2.75, 3.05) is 7.05 Å². The van der Waals surface area contributed by atoms with Crippen LogP contribution in [0.3, 0.4) is 0 Å². The van der Waals surface area contributed by atoms with Crippen molar-refractivity contribution in [3.05, 3.63) is 40.9 Å². The molecule has 20 heavy (non-hydrogen) atoms. The van der Waals surface area contributed by atoms with E-state index in [2.05, 4.69) is 29.4 Å². The Morgan fingerprint density at radius 3 is 2.85 bits per heavy atom. The lowest BCUT2D eigenvalue weighted by Crippen LogP contribution is -2.17. The van der Waals surface area contributed by atoms with Crippen molar-refractivity contribution in [2.24, 2.45) is 0 Å². The van der Waals surface area contributed by atoms with E-state index in [9.17, 15) is 4.79 Å². The third kappa shape index (κ3) is 2.67. The van der Waals surface area contributed by atoms with Crippen LogP contribution in [0.4, 0.5) is 0 Å². The van der Waals surface area contributed by atoms with Crippen LogP contribution in [0, 0.1) is 0 Å². The highest BCUT2D eigenvalue weighted by Gasteiger charge is 2.15. The summed E-state index contributed by atoms with van der Waals surface area (Å²) in [6.45, 7) is 4.19. The van der Waals surface area contributed by atoms with Gasteiger partial charge in [0.15, 0.2) is 0 Å². The fourth-order valence-electron chi connectivity index (χ4n) is 1.94. The van der Waals surface area contributed by atoms with E-state index in [1.54, 1.807) is 25.5 Å². The molecule has 1 amide bonds. The molecule has 1 heterocycles. The Bertz CT molecular complexity index is 623. The van der Waals surface area contributed by atoms with Crippen LogP contribution in [0.15, 0.2) is 24.5 Å². The molecule has 0 bridgehead atoms. The van der Waals surface area contributed by atoms with Gasteiger partial charge < -0.3 is 5.32 Å². The van der Waals surface area contributed by atoms with Gasteiger partial charge in [-0.25, -0.2) is 0 Å². The smallest absolute Gasteiger partial charge is 0.251 e. The Hall–Kier alpha value is -1.88. The maximum absolute atomic E-state index is 11.6. The summed E-state index contributed by atoms with van der Waals surface area (Å²) in [6.07, 6.45) is 2.61. The van der Waals surface area contributed by atoms with Crippen molar-refractivity contribution in [3.63, 3.8) is 0 Å². The molecule has 1 aromatic heterocycles. The third-order valence-corrected chi connectivity index (χ3v) is 3.63. The van der Waals surface area contributed by atoms with Crippen molar-refractivity contribution >= 4 is 17.5 Å². The Labute approximate surface area is 123 Å². The Balaban J connectivity index is 2.44. The SMILES string of the molecule is CCC(C)c1nncn1-c1ccc(C(=O)NC)cc1Cl. The molecule has 1 atom stereocenters. The lowest BCUT2D eigenvalue weighted by molar-refractivity contribution is 0.0963. The number of rotatable bonds is 4. The molecule has 0 fully saturated rings. The fourth-order valence-corrected chi connectivity index (χ4v) is 2.21. The van der Waals surface area contributed by atoms with Gasteiger partial charge in [0.2, 0.25) is 0 Å². The summed E-state index contributed by atoms with van der Waals surface area (Å²) in [5.41, 5.74) is 1.30. The summed E-state index contributed by atoms with van der Waals surface area (Å²) in [5, 5.41) is 11.2. The minimum absolute atomic E-state index is 0.163. The van der Waals surface area contributed by atoms with E-state index in [0.29, 0.717) is 10.6 Å². The minimum atomic E-state index is -0.163. The number of carbonyl (C=O) groups excluding carboxylic acids is 1. The Morgan fingerprint density at radius 2 is 2.25 bits per heavy atom. The highest BCUT2D eigenvalue weighted by molar-refractivity contribution is 6.32. The van der Waals surface area contributed by atoms with E-state index < -0.39 is 0 Å². The van der Waals surface area contributed by atoms with E-state index in [4.69, 9.17) is 11.6 Å². The van der Waals surface area contributed by atoms with Gasteiger partial charge in [0, 0.05) is 18.5 Å². The van der Waals surface area contributed by atoms with Gasteiger partial charge in [-0.05, 0) is 24.6 Å². The highest BCUT2D eigenvalue weighted by atomic mass is 35.5. The minimum Gasteiger partial charge on any atom is -0.355 e. The Kier molecular flexibility index (Phi) is 4.39. The van der Waals surface area contributed by atoms with Gasteiger partial charge in [-0.1, -0.05) is 25.4 Å². The number of benzene rings is 1. The molecule has 0 radical (unpaired) electrons. The summed E-state index contributed by atoms with van der Waals surface area (Å²) in [7, 11) is 1.59. The van der Waals surface area contributed by atoms with Crippen LogP contribution in [0.1, 0.15) is 42.4 Å². The van der Waals surface area contributed by atoms with E-state index in [1.807, 2.05) is 10.6 Å². The van der Waals surface area contributed by atoms with Crippen LogP contribution in [0.5, 0.6) is 0 Å². The predicted molar refractivity (Wildman–Crippen MR) is 78.5 cm³/mol. The van der Waals surface area contributed by atoms with Crippen LogP contribution < -0.4 is 5.32 Å². The number of hydrogen-bond acceptors (Lipinski definition) is 3. The van der Waals surface area contributed by atoms with E-state index in [0.717, 1.165) is 17.9 Å². The molecule has 1 unspecified atom stereocenters. The monoisotopic (exact) mass is 292 g/mol. The molecule has 0 saturated heterocycles. The van der Waals surface area contributed by atoms with Gasteiger partial charge in [0.25, 0.3) is 5.91 Å². The fraction of sp³-hybridized carbons (Fsp3) is 0.357. The van der Waals surface area contributed by atoms with Crippen molar-refractivity contribution in [1.29, 1.82) is 0 Å². The molecule has 0 aliphatic heterocycles. The van der Waals surface area contributed by atoms with E-state index >= 15 is 0 Å². The lowest BCUT2D eigenvalue weighted by Gasteiger charge is -2.13. The number of carbonyl (C=O) groups is 1. The van der Waals surface area contributed by atoms with Gasteiger partial charge in [0.1, 0.15) is 12.2 Å². The van der Waals surface area contributed by atoms with Gasteiger partial charge in [-0.3, -0.25) is 9.36 Å². The summed E-state index contributed by atoms with van der Waals surface area (Å²) in [5.74, 6) is 0.985. The zero-order valence-corrected chi connectivity index (χ0v) is 12.5. The molecular formula is C14H17ClN4O. The first kappa shape index (κ1) is 14.5. The molecule has 106 valence electrons. The number of amides is 1. The second kappa shape index (κ2) is 6.05. The van der Waals surface area contributed by atoms with E-state index in [-0.39, 0.29) is 11.8 Å². The molecule has 1 N–H and O–H groups in total. The van der Waals surface area contributed by atoms with Gasteiger partial charge in [-0.2, -0.15) is 0 Å². The average molecular weight is 293 g/mol. The Morgan fingerprint density at radius 1 is 1.50 bits per heavy atom.